The van der Waals surface area contributed by atoms with Gasteiger partial charge in [0.25, 0.3) is 0 Å². The highest BCUT2D eigenvalue weighted by Gasteiger charge is 2.35. The first-order valence-corrected chi connectivity index (χ1v) is 14.8. The van der Waals surface area contributed by atoms with Crippen LogP contribution in [0.4, 0.5) is 4.39 Å². The number of aryl methyl sites for hydroxylation is 1. The highest BCUT2D eigenvalue weighted by Crippen LogP contribution is 2.35. The second-order valence-corrected chi connectivity index (χ2v) is 11.4. The zero-order valence-electron chi connectivity index (χ0n) is 25.6. The van der Waals surface area contributed by atoms with Crippen LogP contribution in [0.1, 0.15) is 41.6 Å². The molecule has 0 bridgehead atoms. The number of morpholine rings is 2. The third kappa shape index (κ3) is 6.46. The maximum atomic E-state index is 15.1. The molecule has 2 aliphatic heterocycles. The van der Waals surface area contributed by atoms with Gasteiger partial charge in [0.1, 0.15) is 23.2 Å². The van der Waals surface area contributed by atoms with Gasteiger partial charge in [-0.05, 0) is 41.8 Å². The summed E-state index contributed by atoms with van der Waals surface area (Å²) in [6.45, 7) is 8.71. The lowest BCUT2D eigenvalue weighted by atomic mass is 9.90. The van der Waals surface area contributed by atoms with E-state index in [0.717, 1.165) is 28.9 Å². The summed E-state index contributed by atoms with van der Waals surface area (Å²) in [6, 6.07) is 15.4. The lowest BCUT2D eigenvalue weighted by Crippen LogP contribution is -2.47. The third-order valence-corrected chi connectivity index (χ3v) is 8.32. The fraction of sp³-hybridized carbons (Fsp3) is 0.424. The lowest BCUT2D eigenvalue weighted by Gasteiger charge is -2.41. The second kappa shape index (κ2) is 13.0. The summed E-state index contributed by atoms with van der Waals surface area (Å²) < 4.78 is 43.5. The first-order valence-electron chi connectivity index (χ1n) is 14.8. The number of rotatable bonds is 9. The van der Waals surface area contributed by atoms with Gasteiger partial charge in [-0.15, -0.1) is 0 Å². The molecule has 0 radical (unpaired) electrons. The van der Waals surface area contributed by atoms with Crippen molar-refractivity contribution in [2.24, 2.45) is 0 Å². The molecule has 11 heteroatoms. The summed E-state index contributed by atoms with van der Waals surface area (Å²) in [5.41, 5.74) is 3.92. The SMILES string of the molecule is COc1ccnc(CN2CCOC(C)(c3cccc(-c4ccc(F)c(CN5CCOC(c6noc(C)n6)C5)c4)c3)C2)c1OC. The van der Waals surface area contributed by atoms with Gasteiger partial charge in [0.15, 0.2) is 11.5 Å². The van der Waals surface area contributed by atoms with Gasteiger partial charge in [-0.2, -0.15) is 4.98 Å². The van der Waals surface area contributed by atoms with Gasteiger partial charge >= 0.3 is 0 Å². The fourth-order valence-electron chi connectivity index (χ4n) is 6.03. The Morgan fingerprint density at radius 3 is 2.64 bits per heavy atom. The normalized spacial score (nSPS) is 21.3. The first kappa shape index (κ1) is 30.1. The van der Waals surface area contributed by atoms with Crippen LogP contribution >= 0.6 is 0 Å². The van der Waals surface area contributed by atoms with E-state index >= 15 is 4.39 Å². The molecule has 2 unspecified atom stereocenters. The molecule has 2 fully saturated rings. The predicted octanol–water partition coefficient (Wildman–Crippen LogP) is 4.92. The molecule has 4 aromatic rings. The van der Waals surface area contributed by atoms with Crippen molar-refractivity contribution in [3.8, 4) is 22.6 Å². The molecule has 10 nitrogen and oxygen atoms in total. The number of halogens is 1. The maximum Gasteiger partial charge on any atom is 0.223 e. The van der Waals surface area contributed by atoms with Crippen LogP contribution in [0.25, 0.3) is 11.1 Å². The molecule has 0 aliphatic carbocycles. The molecule has 0 N–H and O–H groups in total. The molecule has 0 spiro atoms. The van der Waals surface area contributed by atoms with Gasteiger partial charge in [0.2, 0.25) is 11.7 Å². The summed E-state index contributed by atoms with van der Waals surface area (Å²) >= 11 is 0. The summed E-state index contributed by atoms with van der Waals surface area (Å²) in [4.78, 5) is 13.4. The van der Waals surface area contributed by atoms with Gasteiger partial charge in [-0.3, -0.25) is 14.8 Å². The van der Waals surface area contributed by atoms with Crippen molar-refractivity contribution in [3.05, 3.63) is 89.1 Å². The minimum absolute atomic E-state index is 0.233. The molecule has 44 heavy (non-hydrogen) atoms. The van der Waals surface area contributed by atoms with Crippen LogP contribution in [0.15, 0.2) is 59.3 Å². The Balaban J connectivity index is 1.18. The molecule has 4 heterocycles. The lowest BCUT2D eigenvalue weighted by molar-refractivity contribution is -0.105. The predicted molar refractivity (Wildman–Crippen MR) is 161 cm³/mol. The molecule has 2 atom stereocenters. The van der Waals surface area contributed by atoms with E-state index in [4.69, 9.17) is 23.5 Å². The van der Waals surface area contributed by atoms with Crippen molar-refractivity contribution >= 4 is 0 Å². The number of benzene rings is 2. The van der Waals surface area contributed by atoms with E-state index < -0.39 is 5.60 Å². The fourth-order valence-corrected chi connectivity index (χ4v) is 6.03. The van der Waals surface area contributed by atoms with Crippen LogP contribution in [0.5, 0.6) is 11.5 Å². The van der Waals surface area contributed by atoms with Crippen molar-refractivity contribution < 1.29 is 27.9 Å². The van der Waals surface area contributed by atoms with Crippen LogP contribution in [0.2, 0.25) is 0 Å². The largest absolute Gasteiger partial charge is 0.493 e. The van der Waals surface area contributed by atoms with Gasteiger partial charge in [0, 0.05) is 64.0 Å². The van der Waals surface area contributed by atoms with Crippen molar-refractivity contribution in [2.45, 2.75) is 38.6 Å². The Kier molecular flexibility index (Phi) is 8.90. The summed E-state index contributed by atoms with van der Waals surface area (Å²) in [6.07, 6.45) is 1.43. The highest BCUT2D eigenvalue weighted by molar-refractivity contribution is 5.65. The van der Waals surface area contributed by atoms with Crippen LogP contribution in [0.3, 0.4) is 0 Å². The van der Waals surface area contributed by atoms with Crippen molar-refractivity contribution in [2.75, 3.05) is 53.6 Å². The van der Waals surface area contributed by atoms with Crippen LogP contribution in [-0.4, -0.2) is 78.5 Å². The van der Waals surface area contributed by atoms with Crippen molar-refractivity contribution in [1.82, 2.24) is 24.9 Å². The minimum Gasteiger partial charge on any atom is -0.493 e. The van der Waals surface area contributed by atoms with E-state index in [1.165, 1.54) is 0 Å². The molecule has 2 aromatic heterocycles. The quantitative estimate of drug-likeness (QED) is 0.262. The van der Waals surface area contributed by atoms with Crippen LogP contribution < -0.4 is 9.47 Å². The number of pyridine rings is 1. The molecule has 0 amide bonds. The molecule has 2 aliphatic rings. The van der Waals surface area contributed by atoms with E-state index in [1.807, 2.05) is 18.2 Å². The molecule has 2 saturated heterocycles. The zero-order chi connectivity index (χ0) is 30.7. The average molecular weight is 604 g/mol. The zero-order valence-corrected chi connectivity index (χ0v) is 25.6. The van der Waals surface area contributed by atoms with Crippen LogP contribution in [-0.2, 0) is 28.2 Å². The van der Waals surface area contributed by atoms with E-state index in [1.54, 1.807) is 39.5 Å². The van der Waals surface area contributed by atoms with E-state index in [-0.39, 0.29) is 11.9 Å². The van der Waals surface area contributed by atoms with E-state index in [2.05, 4.69) is 50.0 Å². The van der Waals surface area contributed by atoms with Crippen molar-refractivity contribution in [1.29, 1.82) is 0 Å². The highest BCUT2D eigenvalue weighted by atomic mass is 19.1. The molecular weight excluding hydrogens is 565 g/mol. The molecule has 6 rings (SSSR count). The molecule has 232 valence electrons. The van der Waals surface area contributed by atoms with Gasteiger partial charge in [-0.25, -0.2) is 4.39 Å². The number of nitrogens with zero attached hydrogens (tertiary/aromatic N) is 5. The van der Waals surface area contributed by atoms with Crippen molar-refractivity contribution in [3.63, 3.8) is 0 Å². The number of aromatic nitrogens is 3. The Labute approximate surface area is 256 Å². The molecule has 2 aromatic carbocycles. The minimum atomic E-state index is -0.542. The topological polar surface area (TPSA) is 95.2 Å². The molecular formula is C33H38FN5O5. The summed E-state index contributed by atoms with van der Waals surface area (Å²) in [5.74, 6) is 2.10. The number of hydrogen-bond acceptors (Lipinski definition) is 10. The first-order chi connectivity index (χ1) is 21.3. The Bertz CT molecular complexity index is 1600. The standard InChI is InChI=1S/C33H38FN5O5/c1-22-36-32(37-44-22)30-20-38(12-14-42-30)18-25-16-24(8-9-27(25)34)23-6-5-7-26(17-23)33(2)21-39(13-15-43-33)19-28-31(41-4)29(40-3)10-11-35-28/h5-11,16-17,30H,12-15,18-21H2,1-4H3. The number of hydrogen-bond donors (Lipinski definition) is 0. The van der Waals surface area contributed by atoms with Gasteiger partial charge in [-0.1, -0.05) is 29.4 Å². The van der Waals surface area contributed by atoms with E-state index in [0.29, 0.717) is 74.7 Å². The molecule has 0 saturated carbocycles. The van der Waals surface area contributed by atoms with Gasteiger partial charge in [0.05, 0.1) is 27.4 Å². The number of methoxy groups -OCH3 is 2. The van der Waals surface area contributed by atoms with Crippen LogP contribution in [0, 0.1) is 12.7 Å². The average Bonchev–Trinajstić information content (AvgIpc) is 3.48. The Morgan fingerprint density at radius 2 is 1.84 bits per heavy atom. The summed E-state index contributed by atoms with van der Waals surface area (Å²) in [7, 11) is 3.26. The smallest absolute Gasteiger partial charge is 0.223 e. The monoisotopic (exact) mass is 603 g/mol. The second-order valence-electron chi connectivity index (χ2n) is 11.4. The third-order valence-electron chi connectivity index (χ3n) is 8.32. The summed E-state index contributed by atoms with van der Waals surface area (Å²) in [5, 5.41) is 4.01. The Hall–Kier alpha value is -3.90. The number of ether oxygens (including phenoxy) is 4. The van der Waals surface area contributed by atoms with Gasteiger partial charge < -0.3 is 23.5 Å². The van der Waals surface area contributed by atoms with E-state index in [9.17, 15) is 0 Å². The Morgan fingerprint density at radius 1 is 1.00 bits per heavy atom. The maximum absolute atomic E-state index is 15.1.